The molecule has 0 amide bonds. The number of halogens is 1. The maximum absolute atomic E-state index is 6.05. The fourth-order valence-electron chi connectivity index (χ4n) is 2.85. The molecule has 3 heteroatoms. The molecule has 0 fully saturated rings. The van der Waals surface area contributed by atoms with Gasteiger partial charge in [-0.2, -0.15) is 0 Å². The molecule has 0 saturated heterocycles. The van der Waals surface area contributed by atoms with Crippen molar-refractivity contribution in [3.05, 3.63) is 64.2 Å². The Morgan fingerprint density at radius 2 is 2.15 bits per heavy atom. The van der Waals surface area contributed by atoms with Crippen LogP contribution in [-0.2, 0) is 17.8 Å². The molecular weight excluding hydrogens is 270 g/mol. The summed E-state index contributed by atoms with van der Waals surface area (Å²) in [6.45, 7) is 0.645. The first-order valence-electron chi connectivity index (χ1n) is 6.89. The third-order valence-corrected chi connectivity index (χ3v) is 4.00. The number of benzene rings is 2. The molecule has 104 valence electrons. The van der Waals surface area contributed by atoms with E-state index < -0.39 is 0 Å². The standard InChI is InChI=1S/C17H18ClNO/c1-20-11-12-3-2-4-15(9-12)19-17-8-5-13-10-14(18)6-7-16(13)17/h2-4,6-7,9-10,17,19H,5,8,11H2,1H3. The van der Waals surface area contributed by atoms with Crippen LogP contribution in [0, 0.1) is 0 Å². The van der Waals surface area contributed by atoms with Gasteiger partial charge in [0, 0.05) is 17.8 Å². The Kier molecular flexibility index (Phi) is 3.95. The zero-order chi connectivity index (χ0) is 13.9. The number of fused-ring (bicyclic) bond motifs is 1. The molecule has 0 radical (unpaired) electrons. The molecule has 1 aliphatic rings. The van der Waals surface area contributed by atoms with Gasteiger partial charge in [-0.05, 0) is 53.8 Å². The number of anilines is 1. The van der Waals surface area contributed by atoms with Gasteiger partial charge in [-0.25, -0.2) is 0 Å². The Labute approximate surface area is 124 Å². The average Bonchev–Trinajstić information content (AvgIpc) is 2.82. The van der Waals surface area contributed by atoms with Gasteiger partial charge >= 0.3 is 0 Å². The highest BCUT2D eigenvalue weighted by Crippen LogP contribution is 2.35. The van der Waals surface area contributed by atoms with Crippen LogP contribution < -0.4 is 5.32 Å². The van der Waals surface area contributed by atoms with Gasteiger partial charge in [0.1, 0.15) is 0 Å². The van der Waals surface area contributed by atoms with E-state index >= 15 is 0 Å². The lowest BCUT2D eigenvalue weighted by Crippen LogP contribution is -2.07. The average molecular weight is 288 g/mol. The zero-order valence-corrected chi connectivity index (χ0v) is 12.3. The molecule has 0 spiro atoms. The molecule has 0 aromatic heterocycles. The Morgan fingerprint density at radius 1 is 1.25 bits per heavy atom. The van der Waals surface area contributed by atoms with Gasteiger partial charge in [0.05, 0.1) is 12.6 Å². The van der Waals surface area contributed by atoms with Crippen molar-refractivity contribution in [2.75, 3.05) is 12.4 Å². The summed E-state index contributed by atoms with van der Waals surface area (Å²) in [7, 11) is 1.72. The van der Waals surface area contributed by atoms with Crippen LogP contribution in [0.15, 0.2) is 42.5 Å². The fourth-order valence-corrected chi connectivity index (χ4v) is 3.05. The molecule has 2 nitrogen and oxygen atoms in total. The molecule has 0 bridgehead atoms. The van der Waals surface area contributed by atoms with Crippen LogP contribution in [0.2, 0.25) is 5.02 Å². The number of hydrogen-bond donors (Lipinski definition) is 1. The summed E-state index contributed by atoms with van der Waals surface area (Å²) in [5, 5.41) is 4.44. The third-order valence-electron chi connectivity index (χ3n) is 3.76. The van der Waals surface area contributed by atoms with Crippen LogP contribution in [-0.4, -0.2) is 7.11 Å². The van der Waals surface area contributed by atoms with E-state index in [0.717, 1.165) is 23.6 Å². The quantitative estimate of drug-likeness (QED) is 0.888. The van der Waals surface area contributed by atoms with Crippen molar-refractivity contribution in [2.45, 2.75) is 25.5 Å². The van der Waals surface area contributed by atoms with E-state index in [2.05, 4.69) is 41.7 Å². The summed E-state index contributed by atoms with van der Waals surface area (Å²) in [6, 6.07) is 15.0. The minimum absolute atomic E-state index is 0.375. The molecule has 20 heavy (non-hydrogen) atoms. The van der Waals surface area contributed by atoms with Crippen molar-refractivity contribution in [3.8, 4) is 0 Å². The van der Waals surface area contributed by atoms with E-state index in [4.69, 9.17) is 16.3 Å². The van der Waals surface area contributed by atoms with Gasteiger partial charge < -0.3 is 10.1 Å². The molecule has 0 heterocycles. The first-order valence-corrected chi connectivity index (χ1v) is 7.27. The monoisotopic (exact) mass is 287 g/mol. The van der Waals surface area contributed by atoms with Crippen LogP contribution in [0.5, 0.6) is 0 Å². The summed E-state index contributed by atoms with van der Waals surface area (Å²) in [4.78, 5) is 0. The first kappa shape index (κ1) is 13.5. The van der Waals surface area contributed by atoms with Crippen LogP contribution in [0.1, 0.15) is 29.2 Å². The van der Waals surface area contributed by atoms with Crippen molar-refractivity contribution in [2.24, 2.45) is 0 Å². The van der Waals surface area contributed by atoms with Gasteiger partial charge in [-0.15, -0.1) is 0 Å². The largest absolute Gasteiger partial charge is 0.380 e. The summed E-state index contributed by atoms with van der Waals surface area (Å²) < 4.78 is 5.18. The zero-order valence-electron chi connectivity index (χ0n) is 11.5. The second kappa shape index (κ2) is 5.86. The molecule has 1 N–H and O–H groups in total. The summed E-state index contributed by atoms with van der Waals surface area (Å²) in [5.74, 6) is 0. The van der Waals surface area contributed by atoms with Gasteiger partial charge in [-0.3, -0.25) is 0 Å². The van der Waals surface area contributed by atoms with Crippen molar-refractivity contribution in [1.82, 2.24) is 0 Å². The van der Waals surface area contributed by atoms with Crippen LogP contribution in [0.4, 0.5) is 5.69 Å². The minimum Gasteiger partial charge on any atom is -0.380 e. The molecule has 1 aliphatic carbocycles. The molecule has 1 unspecified atom stereocenters. The van der Waals surface area contributed by atoms with Gasteiger partial charge in [0.25, 0.3) is 0 Å². The van der Waals surface area contributed by atoms with E-state index in [9.17, 15) is 0 Å². The molecule has 0 saturated carbocycles. The van der Waals surface area contributed by atoms with Crippen molar-refractivity contribution >= 4 is 17.3 Å². The number of hydrogen-bond acceptors (Lipinski definition) is 2. The van der Waals surface area contributed by atoms with E-state index in [1.165, 1.54) is 16.7 Å². The molecular formula is C17H18ClNO. The van der Waals surface area contributed by atoms with Crippen molar-refractivity contribution in [3.63, 3.8) is 0 Å². The lowest BCUT2D eigenvalue weighted by molar-refractivity contribution is 0.185. The Hall–Kier alpha value is -1.51. The van der Waals surface area contributed by atoms with E-state index in [0.29, 0.717) is 12.6 Å². The maximum Gasteiger partial charge on any atom is 0.0713 e. The molecule has 2 aromatic rings. The highest BCUT2D eigenvalue weighted by Gasteiger charge is 2.22. The minimum atomic E-state index is 0.375. The maximum atomic E-state index is 6.05. The Morgan fingerprint density at radius 3 is 3.00 bits per heavy atom. The summed E-state index contributed by atoms with van der Waals surface area (Å²) in [5.41, 5.74) is 5.06. The highest BCUT2D eigenvalue weighted by atomic mass is 35.5. The molecule has 2 aromatic carbocycles. The van der Waals surface area contributed by atoms with Crippen LogP contribution in [0.3, 0.4) is 0 Å². The van der Waals surface area contributed by atoms with Gasteiger partial charge in [-0.1, -0.05) is 29.8 Å². The number of nitrogens with one attached hydrogen (secondary N) is 1. The van der Waals surface area contributed by atoms with E-state index in [1.807, 2.05) is 6.07 Å². The molecule has 3 rings (SSSR count). The Bertz CT molecular complexity index is 612. The van der Waals surface area contributed by atoms with Gasteiger partial charge in [0.15, 0.2) is 0 Å². The topological polar surface area (TPSA) is 21.3 Å². The third kappa shape index (κ3) is 2.82. The summed E-state index contributed by atoms with van der Waals surface area (Å²) >= 11 is 6.05. The predicted octanol–water partition coefficient (Wildman–Crippen LogP) is 4.59. The van der Waals surface area contributed by atoms with Crippen LogP contribution in [0.25, 0.3) is 0 Å². The Balaban J connectivity index is 1.78. The molecule has 1 atom stereocenters. The smallest absolute Gasteiger partial charge is 0.0713 e. The fraction of sp³-hybridized carbons (Fsp3) is 0.294. The number of aryl methyl sites for hydroxylation is 1. The normalized spacial score (nSPS) is 17.0. The second-order valence-electron chi connectivity index (χ2n) is 5.21. The lowest BCUT2D eigenvalue weighted by Gasteiger charge is -2.16. The van der Waals surface area contributed by atoms with Crippen molar-refractivity contribution < 1.29 is 4.74 Å². The number of rotatable bonds is 4. The SMILES string of the molecule is COCc1cccc(NC2CCc3cc(Cl)ccc32)c1. The second-order valence-corrected chi connectivity index (χ2v) is 5.65. The lowest BCUT2D eigenvalue weighted by atomic mass is 10.1. The summed E-state index contributed by atoms with van der Waals surface area (Å²) in [6.07, 6.45) is 2.20. The first-order chi connectivity index (χ1) is 9.76. The van der Waals surface area contributed by atoms with Crippen molar-refractivity contribution in [1.29, 1.82) is 0 Å². The van der Waals surface area contributed by atoms with Crippen LogP contribution >= 0.6 is 11.6 Å². The number of methoxy groups -OCH3 is 1. The van der Waals surface area contributed by atoms with E-state index in [-0.39, 0.29) is 0 Å². The highest BCUT2D eigenvalue weighted by molar-refractivity contribution is 6.30. The molecule has 0 aliphatic heterocycles. The van der Waals surface area contributed by atoms with E-state index in [1.54, 1.807) is 7.11 Å². The van der Waals surface area contributed by atoms with Gasteiger partial charge in [0.2, 0.25) is 0 Å². The predicted molar refractivity (Wildman–Crippen MR) is 83.3 cm³/mol. The number of ether oxygens (including phenoxy) is 1.